The van der Waals surface area contributed by atoms with Gasteiger partial charge >= 0.3 is 0 Å². The van der Waals surface area contributed by atoms with Gasteiger partial charge in [-0.3, -0.25) is 9.69 Å². The number of amides is 1. The predicted molar refractivity (Wildman–Crippen MR) is 98.4 cm³/mol. The number of H-pyrrole nitrogens is 1. The minimum absolute atomic E-state index is 0.0258. The van der Waals surface area contributed by atoms with E-state index in [0.29, 0.717) is 24.2 Å². The van der Waals surface area contributed by atoms with Crippen LogP contribution in [0.1, 0.15) is 21.7 Å². The molecule has 6 nitrogen and oxygen atoms in total. The molecule has 0 radical (unpaired) electrons. The van der Waals surface area contributed by atoms with Gasteiger partial charge in [0, 0.05) is 31.7 Å². The number of rotatable bonds is 3. The van der Waals surface area contributed by atoms with Crippen LogP contribution in [-0.4, -0.2) is 51.9 Å². The third-order valence-corrected chi connectivity index (χ3v) is 4.73. The van der Waals surface area contributed by atoms with Crippen molar-refractivity contribution in [1.29, 1.82) is 5.26 Å². The highest BCUT2D eigenvalue weighted by Crippen LogP contribution is 2.14. The number of para-hydroxylation sites is 2. The predicted octanol–water partition coefficient (Wildman–Crippen LogP) is 2.39. The number of carbonyl (C=O) groups excluding carboxylic acids is 1. The lowest BCUT2D eigenvalue weighted by Gasteiger charge is -2.34. The quantitative estimate of drug-likeness (QED) is 0.791. The molecule has 26 heavy (non-hydrogen) atoms. The van der Waals surface area contributed by atoms with Crippen LogP contribution >= 0.6 is 0 Å². The molecule has 1 aromatic heterocycles. The summed E-state index contributed by atoms with van der Waals surface area (Å²) in [4.78, 5) is 24.7. The van der Waals surface area contributed by atoms with E-state index >= 15 is 0 Å². The molecule has 4 rings (SSSR count). The van der Waals surface area contributed by atoms with Crippen LogP contribution in [-0.2, 0) is 6.54 Å². The number of imidazole rings is 1. The van der Waals surface area contributed by atoms with Gasteiger partial charge in [0.1, 0.15) is 5.82 Å². The van der Waals surface area contributed by atoms with Crippen molar-refractivity contribution in [2.75, 3.05) is 26.2 Å². The molecule has 1 amide bonds. The van der Waals surface area contributed by atoms with Gasteiger partial charge in [-0.05, 0) is 36.4 Å². The first-order valence-electron chi connectivity index (χ1n) is 8.68. The van der Waals surface area contributed by atoms with E-state index in [9.17, 15) is 4.79 Å². The highest BCUT2D eigenvalue weighted by Gasteiger charge is 2.22. The molecule has 0 saturated carbocycles. The van der Waals surface area contributed by atoms with Crippen LogP contribution in [0.4, 0.5) is 0 Å². The summed E-state index contributed by atoms with van der Waals surface area (Å²) >= 11 is 0. The standard InChI is InChI=1S/C20H19N5O/c21-13-15-5-7-16(8-6-15)20(26)25-11-9-24(10-12-25)14-19-22-17-3-1-2-4-18(17)23-19/h1-8H,9-12,14H2,(H,22,23). The van der Waals surface area contributed by atoms with Crippen molar-refractivity contribution in [2.24, 2.45) is 0 Å². The molecule has 1 saturated heterocycles. The molecule has 3 aromatic rings. The Morgan fingerprint density at radius 2 is 1.81 bits per heavy atom. The number of aromatic nitrogens is 2. The molecule has 0 atom stereocenters. The molecule has 1 fully saturated rings. The number of hydrogen-bond donors (Lipinski definition) is 1. The summed E-state index contributed by atoms with van der Waals surface area (Å²) in [6, 6.07) is 16.9. The number of nitrogens with zero attached hydrogens (tertiary/aromatic N) is 4. The molecule has 2 aromatic carbocycles. The third-order valence-electron chi connectivity index (χ3n) is 4.73. The number of nitriles is 1. The number of aromatic amines is 1. The fourth-order valence-electron chi connectivity index (χ4n) is 3.27. The van der Waals surface area contributed by atoms with Gasteiger partial charge in [-0.25, -0.2) is 4.98 Å². The number of benzene rings is 2. The van der Waals surface area contributed by atoms with Crippen LogP contribution < -0.4 is 0 Å². The van der Waals surface area contributed by atoms with Crippen molar-refractivity contribution in [3.05, 3.63) is 65.5 Å². The van der Waals surface area contributed by atoms with Crippen LogP contribution in [0.2, 0.25) is 0 Å². The Morgan fingerprint density at radius 3 is 2.50 bits per heavy atom. The van der Waals surface area contributed by atoms with Gasteiger partial charge in [-0.2, -0.15) is 5.26 Å². The van der Waals surface area contributed by atoms with E-state index in [4.69, 9.17) is 5.26 Å². The summed E-state index contributed by atoms with van der Waals surface area (Å²) in [5.74, 6) is 0.982. The van der Waals surface area contributed by atoms with Gasteiger partial charge in [-0.15, -0.1) is 0 Å². The Kier molecular flexibility index (Phi) is 4.38. The van der Waals surface area contributed by atoms with Gasteiger partial charge in [0.15, 0.2) is 0 Å². The smallest absolute Gasteiger partial charge is 0.253 e. The highest BCUT2D eigenvalue weighted by atomic mass is 16.2. The minimum Gasteiger partial charge on any atom is -0.341 e. The Bertz CT molecular complexity index is 929. The Morgan fingerprint density at radius 1 is 1.08 bits per heavy atom. The zero-order valence-electron chi connectivity index (χ0n) is 14.4. The third kappa shape index (κ3) is 3.30. The Balaban J connectivity index is 1.36. The van der Waals surface area contributed by atoms with Gasteiger partial charge in [0.2, 0.25) is 0 Å². The second kappa shape index (κ2) is 6.98. The molecule has 0 bridgehead atoms. The first kappa shape index (κ1) is 16.3. The highest BCUT2D eigenvalue weighted by molar-refractivity contribution is 5.94. The van der Waals surface area contributed by atoms with E-state index in [1.165, 1.54) is 0 Å². The van der Waals surface area contributed by atoms with Crippen LogP contribution in [0.25, 0.3) is 11.0 Å². The lowest BCUT2D eigenvalue weighted by molar-refractivity contribution is 0.0626. The maximum absolute atomic E-state index is 12.6. The molecular weight excluding hydrogens is 326 g/mol. The van der Waals surface area contributed by atoms with Crippen LogP contribution in [0.15, 0.2) is 48.5 Å². The first-order valence-corrected chi connectivity index (χ1v) is 8.68. The second-order valence-electron chi connectivity index (χ2n) is 6.46. The fourth-order valence-corrected chi connectivity index (χ4v) is 3.27. The number of nitrogens with one attached hydrogen (secondary N) is 1. The van der Waals surface area contributed by atoms with E-state index in [-0.39, 0.29) is 5.91 Å². The van der Waals surface area contributed by atoms with E-state index in [0.717, 1.165) is 36.5 Å². The van der Waals surface area contributed by atoms with E-state index < -0.39 is 0 Å². The summed E-state index contributed by atoms with van der Waals surface area (Å²) in [5.41, 5.74) is 3.24. The minimum atomic E-state index is 0.0258. The van der Waals surface area contributed by atoms with Crippen molar-refractivity contribution in [1.82, 2.24) is 19.8 Å². The molecule has 0 spiro atoms. The first-order chi connectivity index (χ1) is 12.7. The summed E-state index contributed by atoms with van der Waals surface area (Å²) in [6.45, 7) is 3.78. The van der Waals surface area contributed by atoms with Crippen LogP contribution in [0, 0.1) is 11.3 Å². The van der Waals surface area contributed by atoms with Gasteiger partial charge in [0.25, 0.3) is 5.91 Å². The normalized spacial score (nSPS) is 15.1. The summed E-state index contributed by atoms with van der Waals surface area (Å²) in [7, 11) is 0. The maximum atomic E-state index is 12.6. The largest absolute Gasteiger partial charge is 0.341 e. The Labute approximate surface area is 151 Å². The van der Waals surface area contributed by atoms with Crippen molar-refractivity contribution in [3.8, 4) is 6.07 Å². The zero-order valence-corrected chi connectivity index (χ0v) is 14.4. The molecule has 2 heterocycles. The molecule has 1 aliphatic rings. The molecular formula is C20H19N5O. The molecule has 0 aliphatic carbocycles. The molecule has 1 N–H and O–H groups in total. The average Bonchev–Trinajstić information content (AvgIpc) is 3.10. The molecule has 130 valence electrons. The van der Waals surface area contributed by atoms with Crippen LogP contribution in [0.5, 0.6) is 0 Å². The van der Waals surface area contributed by atoms with Crippen molar-refractivity contribution >= 4 is 16.9 Å². The molecule has 6 heteroatoms. The van der Waals surface area contributed by atoms with Crippen molar-refractivity contribution < 1.29 is 4.79 Å². The number of carbonyl (C=O) groups is 1. The number of fused-ring (bicyclic) bond motifs is 1. The SMILES string of the molecule is N#Cc1ccc(C(=O)N2CCN(Cc3nc4ccccc4[nH]3)CC2)cc1. The van der Waals surface area contributed by atoms with Crippen molar-refractivity contribution in [2.45, 2.75) is 6.54 Å². The lowest BCUT2D eigenvalue weighted by Crippen LogP contribution is -2.48. The van der Waals surface area contributed by atoms with Gasteiger partial charge in [-0.1, -0.05) is 12.1 Å². The molecule has 1 aliphatic heterocycles. The van der Waals surface area contributed by atoms with Gasteiger partial charge in [0.05, 0.1) is 29.2 Å². The van der Waals surface area contributed by atoms with Gasteiger partial charge < -0.3 is 9.88 Å². The van der Waals surface area contributed by atoms with Crippen molar-refractivity contribution in [3.63, 3.8) is 0 Å². The van der Waals surface area contributed by atoms with E-state index in [1.54, 1.807) is 24.3 Å². The second-order valence-corrected chi connectivity index (χ2v) is 6.46. The monoisotopic (exact) mass is 345 g/mol. The number of piperazine rings is 1. The number of hydrogen-bond acceptors (Lipinski definition) is 4. The van der Waals surface area contributed by atoms with Crippen LogP contribution in [0.3, 0.4) is 0 Å². The Hall–Kier alpha value is -3.17. The molecule has 0 unspecified atom stereocenters. The average molecular weight is 345 g/mol. The maximum Gasteiger partial charge on any atom is 0.253 e. The topological polar surface area (TPSA) is 76.0 Å². The van der Waals surface area contributed by atoms with E-state index in [2.05, 4.69) is 20.9 Å². The zero-order chi connectivity index (χ0) is 17.9. The summed E-state index contributed by atoms with van der Waals surface area (Å²) < 4.78 is 0. The summed E-state index contributed by atoms with van der Waals surface area (Å²) in [6.07, 6.45) is 0. The fraction of sp³-hybridized carbons (Fsp3) is 0.250. The lowest BCUT2D eigenvalue weighted by atomic mass is 10.1. The summed E-state index contributed by atoms with van der Waals surface area (Å²) in [5, 5.41) is 8.85. The van der Waals surface area contributed by atoms with E-state index in [1.807, 2.05) is 29.2 Å².